The fourth-order valence-corrected chi connectivity index (χ4v) is 4.54. The Morgan fingerprint density at radius 2 is 1.88 bits per heavy atom. The number of rotatable bonds is 5. The Bertz CT molecular complexity index is 644. The van der Waals surface area contributed by atoms with Gasteiger partial charge in [-0.25, -0.2) is 0 Å². The van der Waals surface area contributed by atoms with Gasteiger partial charge in [-0.05, 0) is 50.4 Å². The van der Waals surface area contributed by atoms with E-state index in [0.717, 1.165) is 37.9 Å². The SMILES string of the molecule is CCN(CC)[C@@H](C)CN1C(=O)C[C@]2(CCCc3ccccc32)C1=O.Cl. The first kappa shape index (κ1) is 19.9. The summed E-state index contributed by atoms with van der Waals surface area (Å²) in [6, 6.07) is 8.37. The molecule has 4 nitrogen and oxygen atoms in total. The van der Waals surface area contributed by atoms with Gasteiger partial charge in [0.15, 0.2) is 0 Å². The number of nitrogens with zero attached hydrogens (tertiary/aromatic N) is 2. The minimum atomic E-state index is -0.602. The van der Waals surface area contributed by atoms with Gasteiger partial charge in [0, 0.05) is 19.0 Å². The maximum atomic E-state index is 13.3. The van der Waals surface area contributed by atoms with Gasteiger partial charge in [0.05, 0.1) is 5.41 Å². The number of carbonyl (C=O) groups is 2. The fourth-order valence-electron chi connectivity index (χ4n) is 4.54. The molecule has 138 valence electrons. The second-order valence-corrected chi connectivity index (χ2v) is 7.15. The molecule has 2 amide bonds. The highest BCUT2D eigenvalue weighted by Crippen LogP contribution is 2.45. The largest absolute Gasteiger partial charge is 0.299 e. The van der Waals surface area contributed by atoms with Crippen molar-refractivity contribution in [3.8, 4) is 0 Å². The summed E-state index contributed by atoms with van der Waals surface area (Å²) in [6.07, 6.45) is 3.13. The van der Waals surface area contributed by atoms with Crippen LogP contribution in [-0.4, -0.2) is 47.3 Å². The first-order chi connectivity index (χ1) is 11.5. The molecular formula is C20H29ClN2O2. The van der Waals surface area contributed by atoms with Crippen molar-refractivity contribution in [3.05, 3.63) is 35.4 Å². The highest BCUT2D eigenvalue weighted by atomic mass is 35.5. The molecule has 0 unspecified atom stereocenters. The molecule has 0 radical (unpaired) electrons. The number of likely N-dealkylation sites (N-methyl/N-ethyl adjacent to an activating group) is 1. The first-order valence-electron chi connectivity index (χ1n) is 9.20. The highest BCUT2D eigenvalue weighted by molar-refractivity contribution is 6.09. The van der Waals surface area contributed by atoms with Gasteiger partial charge in [-0.15, -0.1) is 12.4 Å². The van der Waals surface area contributed by atoms with E-state index in [1.54, 1.807) is 0 Å². The number of imide groups is 1. The van der Waals surface area contributed by atoms with Crippen molar-refractivity contribution < 1.29 is 9.59 Å². The smallest absolute Gasteiger partial charge is 0.240 e. The van der Waals surface area contributed by atoms with Gasteiger partial charge < -0.3 is 0 Å². The van der Waals surface area contributed by atoms with Crippen LogP contribution >= 0.6 is 12.4 Å². The van der Waals surface area contributed by atoms with Crippen LogP contribution in [0.5, 0.6) is 0 Å². The molecule has 2 aliphatic rings. The predicted molar refractivity (Wildman–Crippen MR) is 102 cm³/mol. The Morgan fingerprint density at radius 1 is 1.20 bits per heavy atom. The normalized spacial score (nSPS) is 23.8. The molecule has 5 heteroatoms. The van der Waals surface area contributed by atoms with Crippen LogP contribution in [0.1, 0.15) is 51.2 Å². The van der Waals surface area contributed by atoms with E-state index in [4.69, 9.17) is 0 Å². The van der Waals surface area contributed by atoms with Crippen LogP contribution in [0.3, 0.4) is 0 Å². The van der Waals surface area contributed by atoms with Crippen LogP contribution in [-0.2, 0) is 21.4 Å². The molecule has 1 spiro atoms. The Morgan fingerprint density at radius 3 is 2.56 bits per heavy atom. The van der Waals surface area contributed by atoms with Crippen LogP contribution in [0.2, 0.25) is 0 Å². The van der Waals surface area contributed by atoms with E-state index < -0.39 is 5.41 Å². The first-order valence-corrected chi connectivity index (χ1v) is 9.20. The lowest BCUT2D eigenvalue weighted by molar-refractivity contribution is -0.141. The van der Waals surface area contributed by atoms with E-state index >= 15 is 0 Å². The molecule has 3 rings (SSSR count). The van der Waals surface area contributed by atoms with Gasteiger partial charge in [0.25, 0.3) is 0 Å². The van der Waals surface area contributed by atoms with Crippen molar-refractivity contribution >= 4 is 24.2 Å². The lowest BCUT2D eigenvalue weighted by Crippen LogP contribution is -2.47. The number of likely N-dealkylation sites (tertiary alicyclic amines) is 1. The van der Waals surface area contributed by atoms with Gasteiger partial charge in [0.1, 0.15) is 0 Å². The van der Waals surface area contributed by atoms with Gasteiger partial charge in [-0.3, -0.25) is 19.4 Å². The minimum absolute atomic E-state index is 0. The van der Waals surface area contributed by atoms with Crippen LogP contribution in [0.25, 0.3) is 0 Å². The topological polar surface area (TPSA) is 40.6 Å². The average Bonchev–Trinajstić information content (AvgIpc) is 2.81. The number of benzene rings is 1. The number of hydrogen-bond acceptors (Lipinski definition) is 3. The average molecular weight is 365 g/mol. The summed E-state index contributed by atoms with van der Waals surface area (Å²) in [6.45, 7) is 8.71. The zero-order chi connectivity index (χ0) is 17.3. The minimum Gasteiger partial charge on any atom is -0.299 e. The Labute approximate surface area is 157 Å². The molecule has 25 heavy (non-hydrogen) atoms. The lowest BCUT2D eigenvalue weighted by atomic mass is 9.69. The second-order valence-electron chi connectivity index (χ2n) is 7.15. The fraction of sp³-hybridized carbons (Fsp3) is 0.600. The third-order valence-corrected chi connectivity index (χ3v) is 5.87. The second kappa shape index (κ2) is 7.88. The summed E-state index contributed by atoms with van der Waals surface area (Å²) in [7, 11) is 0. The summed E-state index contributed by atoms with van der Waals surface area (Å²) in [4.78, 5) is 29.8. The van der Waals surface area contributed by atoms with Gasteiger partial charge >= 0.3 is 0 Å². The third-order valence-electron chi connectivity index (χ3n) is 5.87. The van der Waals surface area contributed by atoms with Crippen LogP contribution in [0, 0.1) is 0 Å². The quantitative estimate of drug-likeness (QED) is 0.753. The Hall–Kier alpha value is -1.39. The van der Waals surface area contributed by atoms with E-state index in [0.29, 0.717) is 13.0 Å². The van der Waals surface area contributed by atoms with Crippen molar-refractivity contribution in [1.29, 1.82) is 0 Å². The maximum absolute atomic E-state index is 13.3. The van der Waals surface area contributed by atoms with Gasteiger partial charge in [-0.1, -0.05) is 38.1 Å². The summed E-state index contributed by atoms with van der Waals surface area (Å²) < 4.78 is 0. The van der Waals surface area contributed by atoms with Crippen molar-refractivity contribution in [2.45, 2.75) is 57.9 Å². The van der Waals surface area contributed by atoms with Crippen LogP contribution in [0.15, 0.2) is 24.3 Å². The van der Waals surface area contributed by atoms with Crippen molar-refractivity contribution in [2.24, 2.45) is 0 Å². The molecule has 0 N–H and O–H groups in total. The van der Waals surface area contributed by atoms with Crippen LogP contribution in [0.4, 0.5) is 0 Å². The van der Waals surface area contributed by atoms with Crippen LogP contribution < -0.4 is 0 Å². The Kier molecular flexibility index (Phi) is 6.28. The third kappa shape index (κ3) is 3.34. The van der Waals surface area contributed by atoms with E-state index in [9.17, 15) is 9.59 Å². The predicted octanol–water partition coefficient (Wildman–Crippen LogP) is 3.17. The number of carbonyl (C=O) groups excluding carboxylic acids is 2. The molecule has 1 aliphatic carbocycles. The van der Waals surface area contributed by atoms with E-state index in [1.165, 1.54) is 10.5 Å². The number of fused-ring (bicyclic) bond motifs is 2. The maximum Gasteiger partial charge on any atom is 0.240 e. The molecule has 2 atom stereocenters. The Balaban J connectivity index is 0.00000225. The summed E-state index contributed by atoms with van der Waals surface area (Å²) in [5.74, 6) is 0.0226. The van der Waals surface area contributed by atoms with Gasteiger partial charge in [-0.2, -0.15) is 0 Å². The number of halogens is 1. The molecule has 1 heterocycles. The molecule has 1 saturated heterocycles. The molecular weight excluding hydrogens is 336 g/mol. The van der Waals surface area contributed by atoms with Crippen molar-refractivity contribution in [3.63, 3.8) is 0 Å². The number of aryl methyl sites for hydroxylation is 1. The molecule has 1 aliphatic heterocycles. The molecule has 1 fully saturated rings. The van der Waals surface area contributed by atoms with Crippen molar-refractivity contribution in [2.75, 3.05) is 19.6 Å². The lowest BCUT2D eigenvalue weighted by Gasteiger charge is -2.34. The molecule has 0 aromatic heterocycles. The van der Waals surface area contributed by atoms with E-state index in [2.05, 4.69) is 37.8 Å². The van der Waals surface area contributed by atoms with Gasteiger partial charge in [0.2, 0.25) is 11.8 Å². The molecule has 0 bridgehead atoms. The van der Waals surface area contributed by atoms with E-state index in [-0.39, 0.29) is 30.3 Å². The number of amides is 2. The summed E-state index contributed by atoms with van der Waals surface area (Å²) in [5.41, 5.74) is 1.73. The monoisotopic (exact) mass is 364 g/mol. The summed E-state index contributed by atoms with van der Waals surface area (Å²) in [5, 5.41) is 0. The zero-order valence-electron chi connectivity index (χ0n) is 15.5. The zero-order valence-corrected chi connectivity index (χ0v) is 16.3. The number of hydrogen-bond donors (Lipinski definition) is 0. The molecule has 1 aromatic rings. The van der Waals surface area contributed by atoms with Crippen molar-refractivity contribution in [1.82, 2.24) is 9.80 Å². The molecule has 0 saturated carbocycles. The molecule has 1 aromatic carbocycles. The van der Waals surface area contributed by atoms with E-state index in [1.807, 2.05) is 12.1 Å². The highest BCUT2D eigenvalue weighted by Gasteiger charge is 2.54. The standard InChI is InChI=1S/C20H28N2O2.ClH/c1-4-21(5-2)15(3)14-22-18(23)13-20(19(22)24)12-8-10-16-9-6-7-11-17(16)20;/h6-7,9,11,15H,4-5,8,10,12-14H2,1-3H3;1H/t15-,20-;/m0./s1. The summed E-state index contributed by atoms with van der Waals surface area (Å²) >= 11 is 0.